The normalized spacial score (nSPS) is 16.9. The lowest BCUT2D eigenvalue weighted by atomic mass is 9.93. The average Bonchev–Trinajstić information content (AvgIpc) is 3.49. The van der Waals surface area contributed by atoms with Gasteiger partial charge < -0.3 is 32.0 Å². The number of H-pyrrole nitrogens is 1. The van der Waals surface area contributed by atoms with Gasteiger partial charge in [0.2, 0.25) is 0 Å². The summed E-state index contributed by atoms with van der Waals surface area (Å²) in [5.41, 5.74) is 15.5. The number of aromatic nitrogens is 3. The third kappa shape index (κ3) is 8.85. The number of benzene rings is 2. The fourth-order valence-electron chi connectivity index (χ4n) is 6.13. The first-order valence-corrected chi connectivity index (χ1v) is 16.6. The number of guanidine groups is 1. The molecule has 0 aliphatic carbocycles. The third-order valence-electron chi connectivity index (χ3n) is 9.04. The number of nitrogens with one attached hydrogen (secondary N) is 4. The second kappa shape index (κ2) is 15.9. The molecule has 2 aromatic heterocycles. The summed E-state index contributed by atoms with van der Waals surface area (Å²) >= 11 is 0. The summed E-state index contributed by atoms with van der Waals surface area (Å²) in [6.07, 6.45) is 4.65. The van der Waals surface area contributed by atoms with E-state index >= 15 is 0 Å². The van der Waals surface area contributed by atoms with Gasteiger partial charge in [-0.1, -0.05) is 38.1 Å². The van der Waals surface area contributed by atoms with E-state index in [0.717, 1.165) is 86.4 Å². The lowest BCUT2D eigenvalue weighted by molar-refractivity contribution is 0.0866. The van der Waals surface area contributed by atoms with Crippen molar-refractivity contribution in [1.29, 1.82) is 5.41 Å². The molecule has 1 aliphatic rings. The van der Waals surface area contributed by atoms with Crippen LogP contribution in [0.3, 0.4) is 0 Å². The predicted molar refractivity (Wildman–Crippen MR) is 188 cm³/mol. The van der Waals surface area contributed by atoms with Gasteiger partial charge in [0.05, 0.1) is 5.69 Å². The minimum absolute atomic E-state index is 0.0177. The van der Waals surface area contributed by atoms with Crippen molar-refractivity contribution in [3.63, 3.8) is 0 Å². The zero-order chi connectivity index (χ0) is 33.3. The lowest BCUT2D eigenvalue weighted by Gasteiger charge is -2.36. The number of hydrogen-bond donors (Lipinski definition) is 6. The summed E-state index contributed by atoms with van der Waals surface area (Å²) in [5.74, 6) is 0.370. The lowest BCUT2D eigenvalue weighted by Crippen LogP contribution is -2.51. The van der Waals surface area contributed by atoms with Crippen LogP contribution in [0.15, 0.2) is 65.6 Å². The number of carbonyl (C=O) groups excluding carboxylic acids is 1. The number of aromatic amines is 1. The molecule has 1 aliphatic heterocycles. The molecule has 0 radical (unpaired) electrons. The van der Waals surface area contributed by atoms with Crippen molar-refractivity contribution in [3.05, 3.63) is 82.4 Å². The average molecular weight is 641 g/mol. The van der Waals surface area contributed by atoms with Crippen molar-refractivity contribution < 1.29 is 4.79 Å². The van der Waals surface area contributed by atoms with Crippen LogP contribution in [-0.2, 0) is 6.54 Å². The SMILES string of the molecule is CCN1CCC(C)C(NC(=O)c2ccc(-c3cc4cn(-c5ccc(CN(CCCN)CCCNC(=N)N)cc5)c(=O)nc4[nH]3)cc2)C1. The van der Waals surface area contributed by atoms with E-state index in [2.05, 4.69) is 44.2 Å². The van der Waals surface area contributed by atoms with Crippen molar-refractivity contribution in [3.8, 4) is 16.9 Å². The Morgan fingerprint density at radius 3 is 2.57 bits per heavy atom. The molecule has 0 bridgehead atoms. The zero-order valence-electron chi connectivity index (χ0n) is 27.5. The molecule has 0 saturated carbocycles. The molecule has 250 valence electrons. The van der Waals surface area contributed by atoms with Crippen LogP contribution in [0.4, 0.5) is 0 Å². The second-order valence-corrected chi connectivity index (χ2v) is 12.5. The molecule has 12 nitrogen and oxygen atoms in total. The number of rotatable bonds is 14. The van der Waals surface area contributed by atoms with Crippen LogP contribution in [0.25, 0.3) is 28.0 Å². The van der Waals surface area contributed by atoms with E-state index in [9.17, 15) is 9.59 Å². The Morgan fingerprint density at radius 1 is 1.13 bits per heavy atom. The Bertz CT molecular complexity index is 1700. The first kappa shape index (κ1) is 33.8. The molecule has 8 N–H and O–H groups in total. The summed E-state index contributed by atoms with van der Waals surface area (Å²) in [5, 5.41) is 14.2. The van der Waals surface area contributed by atoms with Gasteiger partial charge in [0.25, 0.3) is 5.91 Å². The topological polar surface area (TPSA) is 174 Å². The van der Waals surface area contributed by atoms with Crippen molar-refractivity contribution >= 4 is 22.9 Å². The maximum Gasteiger partial charge on any atom is 0.354 e. The molecule has 3 heterocycles. The number of fused-ring (bicyclic) bond motifs is 1. The Kier molecular flexibility index (Phi) is 11.4. The standard InChI is InChI=1S/C35H48N10O2/c1-3-43-19-14-24(2)31(23-43)41-33(46)27-10-8-26(9-11-27)30-20-28-22-45(35(47)42-32(28)40-30)29-12-6-25(7-13-29)21-44(17-4-15-36)18-5-16-39-34(37)38/h6-13,20,22,24,31H,3-5,14-19,21,23,36H2,1-2H3,(H,41,46)(H4,37,38,39)(H,40,42,47). The first-order valence-electron chi connectivity index (χ1n) is 16.6. The molecule has 12 heteroatoms. The third-order valence-corrected chi connectivity index (χ3v) is 9.04. The zero-order valence-corrected chi connectivity index (χ0v) is 27.5. The molecule has 2 aromatic carbocycles. The summed E-state index contributed by atoms with van der Waals surface area (Å²) in [6, 6.07) is 17.6. The van der Waals surface area contributed by atoms with Gasteiger partial charge in [-0.2, -0.15) is 4.98 Å². The molecule has 1 saturated heterocycles. The highest BCUT2D eigenvalue weighted by atomic mass is 16.2. The van der Waals surface area contributed by atoms with E-state index in [1.165, 1.54) is 0 Å². The molecule has 1 fully saturated rings. The number of nitrogens with two attached hydrogens (primary N) is 2. The Balaban J connectivity index is 1.25. The minimum atomic E-state index is -0.369. The number of carbonyl (C=O) groups is 1. The molecule has 2 atom stereocenters. The Morgan fingerprint density at radius 2 is 1.87 bits per heavy atom. The van der Waals surface area contributed by atoms with Gasteiger partial charge in [-0.15, -0.1) is 0 Å². The monoisotopic (exact) mass is 640 g/mol. The highest BCUT2D eigenvalue weighted by Gasteiger charge is 2.27. The maximum absolute atomic E-state index is 13.0. The van der Waals surface area contributed by atoms with Gasteiger partial charge in [-0.3, -0.25) is 19.7 Å². The van der Waals surface area contributed by atoms with Crippen molar-refractivity contribution in [2.24, 2.45) is 17.4 Å². The number of likely N-dealkylation sites (tertiary alicyclic amines) is 1. The van der Waals surface area contributed by atoms with Crippen LogP contribution in [0, 0.1) is 11.3 Å². The van der Waals surface area contributed by atoms with Crippen LogP contribution in [0.1, 0.15) is 49.0 Å². The molecule has 0 spiro atoms. The molecular formula is C35H48N10O2. The summed E-state index contributed by atoms with van der Waals surface area (Å²) in [6.45, 7) is 11.1. The number of nitrogens with zero attached hydrogens (tertiary/aromatic N) is 4. The molecule has 47 heavy (non-hydrogen) atoms. The number of likely N-dealkylation sites (N-methyl/N-ethyl adjacent to an activating group) is 1. The van der Waals surface area contributed by atoms with E-state index in [0.29, 0.717) is 30.2 Å². The van der Waals surface area contributed by atoms with Gasteiger partial charge in [-0.25, -0.2) is 4.79 Å². The van der Waals surface area contributed by atoms with E-state index in [4.69, 9.17) is 16.9 Å². The van der Waals surface area contributed by atoms with Crippen LogP contribution >= 0.6 is 0 Å². The van der Waals surface area contributed by atoms with Crippen molar-refractivity contribution in [1.82, 2.24) is 35.0 Å². The van der Waals surface area contributed by atoms with Gasteiger partial charge >= 0.3 is 5.69 Å². The Hall–Kier alpha value is -4.52. The second-order valence-electron chi connectivity index (χ2n) is 12.5. The molecule has 2 unspecified atom stereocenters. The Labute approximate surface area is 276 Å². The van der Waals surface area contributed by atoms with E-state index < -0.39 is 0 Å². The van der Waals surface area contributed by atoms with Crippen molar-refractivity contribution in [2.75, 3.05) is 45.8 Å². The van der Waals surface area contributed by atoms with Crippen LogP contribution in [-0.4, -0.2) is 88.1 Å². The van der Waals surface area contributed by atoms with E-state index in [1.54, 1.807) is 4.57 Å². The summed E-state index contributed by atoms with van der Waals surface area (Å²) < 4.78 is 1.56. The van der Waals surface area contributed by atoms with Crippen LogP contribution in [0.5, 0.6) is 0 Å². The van der Waals surface area contributed by atoms with Crippen LogP contribution < -0.4 is 27.8 Å². The minimum Gasteiger partial charge on any atom is -0.370 e. The fraction of sp³-hybridized carbons (Fsp3) is 0.429. The maximum atomic E-state index is 13.0. The van der Waals surface area contributed by atoms with Crippen LogP contribution in [0.2, 0.25) is 0 Å². The van der Waals surface area contributed by atoms with Gasteiger partial charge in [-0.05, 0) is 92.8 Å². The predicted octanol–water partition coefficient (Wildman–Crippen LogP) is 2.86. The summed E-state index contributed by atoms with van der Waals surface area (Å²) in [4.78, 5) is 38.4. The smallest absolute Gasteiger partial charge is 0.354 e. The largest absolute Gasteiger partial charge is 0.370 e. The molecule has 4 aromatic rings. The van der Waals surface area contributed by atoms with Gasteiger partial charge in [0.1, 0.15) is 5.65 Å². The van der Waals surface area contributed by atoms with Crippen molar-refractivity contribution in [2.45, 2.75) is 45.7 Å². The van der Waals surface area contributed by atoms with Gasteiger partial charge in [0.15, 0.2) is 5.96 Å². The number of piperidine rings is 1. The quantitative estimate of drug-likeness (QED) is 0.0693. The highest BCUT2D eigenvalue weighted by Crippen LogP contribution is 2.24. The molecule has 5 rings (SSSR count). The summed E-state index contributed by atoms with van der Waals surface area (Å²) in [7, 11) is 0. The molecule has 1 amide bonds. The first-order chi connectivity index (χ1) is 22.7. The molecular weight excluding hydrogens is 592 g/mol. The highest BCUT2D eigenvalue weighted by molar-refractivity contribution is 5.95. The van der Waals surface area contributed by atoms with E-state index in [-0.39, 0.29) is 23.6 Å². The number of amides is 1. The van der Waals surface area contributed by atoms with Gasteiger partial charge in [0, 0.05) is 55.1 Å². The number of hydrogen-bond acceptors (Lipinski definition) is 7. The fourth-order valence-corrected chi connectivity index (χ4v) is 6.13. The van der Waals surface area contributed by atoms with E-state index in [1.807, 2.05) is 60.8 Å².